The average molecular weight is 1620 g/mol. The Morgan fingerprint density at radius 1 is 0.0781 bits per heavy atom. The molecule has 25 rings (SSSR count). The number of fused-ring (bicyclic) bond motifs is 11. The lowest BCUT2D eigenvalue weighted by Crippen LogP contribution is -1.96. The van der Waals surface area contributed by atoms with Crippen molar-refractivity contribution in [3.8, 4) is 122 Å². The zero-order valence-corrected chi connectivity index (χ0v) is 70.5. The van der Waals surface area contributed by atoms with Gasteiger partial charge in [0.15, 0.2) is 0 Å². The molecule has 0 aliphatic heterocycles. The molecule has 0 unspecified atom stereocenters. The van der Waals surface area contributed by atoms with Gasteiger partial charge in [-0.25, -0.2) is 0 Å². The van der Waals surface area contributed by atoms with E-state index in [1.54, 1.807) is 0 Å². The van der Waals surface area contributed by atoms with E-state index in [2.05, 4.69) is 510 Å². The Kier molecular flexibility index (Phi) is 19.8. The van der Waals surface area contributed by atoms with Crippen molar-refractivity contribution in [3.05, 3.63) is 510 Å². The van der Waals surface area contributed by atoms with Gasteiger partial charge in [-0.1, -0.05) is 473 Å². The molecular weight excluding hydrogens is 1540 g/mol. The molecule has 0 atom stereocenters. The number of rotatable bonds is 11. The van der Waals surface area contributed by atoms with Gasteiger partial charge >= 0.3 is 0 Å². The molecule has 0 heterocycles. The van der Waals surface area contributed by atoms with Gasteiger partial charge in [-0.15, -0.1) is 0 Å². The lowest BCUT2D eigenvalue weighted by molar-refractivity contribution is 1.56. The van der Waals surface area contributed by atoms with E-state index in [0.717, 1.165) is 0 Å². The van der Waals surface area contributed by atoms with Gasteiger partial charge in [0, 0.05) is 0 Å². The summed E-state index contributed by atoms with van der Waals surface area (Å²) >= 11 is 0. The fourth-order valence-corrected chi connectivity index (χ4v) is 20.1. The molecule has 0 amide bonds. The monoisotopic (exact) mass is 1620 g/mol. The van der Waals surface area contributed by atoms with E-state index >= 15 is 0 Å². The summed E-state index contributed by atoms with van der Waals surface area (Å²) in [5, 5.41) is 27.9. The fourth-order valence-electron chi connectivity index (χ4n) is 20.1. The quantitative estimate of drug-likeness (QED) is 0.113. The lowest BCUT2D eigenvalue weighted by atomic mass is 9.79. The molecule has 0 nitrogen and oxygen atoms in total. The minimum Gasteiger partial charge on any atom is -0.0622 e. The maximum absolute atomic E-state index is 2.40. The summed E-state index contributed by atoms with van der Waals surface area (Å²) in [5.41, 5.74) is 27.5. The predicted molar refractivity (Wildman–Crippen MR) is 552 cm³/mol. The van der Waals surface area contributed by atoms with Gasteiger partial charge in [-0.2, -0.15) is 0 Å². The molecule has 0 spiro atoms. The first-order valence-electron chi connectivity index (χ1n) is 44.3. The van der Waals surface area contributed by atoms with Crippen LogP contribution in [0.3, 0.4) is 0 Å². The molecule has 0 heteroatoms. The van der Waals surface area contributed by atoms with Crippen LogP contribution in [0, 0.1) is 0 Å². The van der Waals surface area contributed by atoms with Gasteiger partial charge in [0.25, 0.3) is 0 Å². The molecule has 0 N–H and O–H groups in total. The Bertz CT molecular complexity index is 8330. The topological polar surface area (TPSA) is 0 Å². The van der Waals surface area contributed by atoms with Crippen molar-refractivity contribution >= 4 is 118 Å². The zero-order chi connectivity index (χ0) is 84.8. The van der Waals surface area contributed by atoms with Crippen molar-refractivity contribution in [1.29, 1.82) is 0 Å². The van der Waals surface area contributed by atoms with Crippen LogP contribution in [0.2, 0.25) is 0 Å². The Hall–Kier alpha value is -16.6. The Labute approximate surface area is 745 Å². The standard InChI is InChI=1S/C48H32.2C40H26/c1-4-16-33(17-5-1)39-31-44(35-19-6-2-7-20-35)48(45(32-39)36-21-8-3-9-22-36)47-42-26-14-12-24-40(42)46(41-25-13-15-27-43(41)47)38-29-28-34-18-10-11-23-37(34)30-38;1-3-11-31-25-33(23-19-27(31)9-1)29-17-21-30(22-18-29)39-35-13-5-7-15-37(35)40(38-16-8-6-14-36(38)39)34-24-20-28-10-2-4-12-32(28)26-34;1-2-12-31-26-32(25-20-27(31)10-1)40-37-17-7-5-15-35(37)39(36-16-6-8-18-38(36)40)30-23-21-29(22-24-30)34-19-9-13-28-11-3-4-14-33(28)34/h1-32H;2*1-26H. The molecule has 0 saturated carbocycles. The van der Waals surface area contributed by atoms with Crippen LogP contribution in [0.5, 0.6) is 0 Å². The highest BCUT2D eigenvalue weighted by molar-refractivity contribution is 6.26. The van der Waals surface area contributed by atoms with Crippen molar-refractivity contribution in [3.63, 3.8) is 0 Å². The summed E-state index contributed by atoms with van der Waals surface area (Å²) in [5.74, 6) is 0. The maximum Gasteiger partial charge on any atom is -0.00139 e. The molecule has 25 aromatic rings. The molecule has 0 saturated heterocycles. The van der Waals surface area contributed by atoms with E-state index in [4.69, 9.17) is 0 Å². The van der Waals surface area contributed by atoms with E-state index in [0.29, 0.717) is 0 Å². The first-order valence-corrected chi connectivity index (χ1v) is 44.3. The molecule has 596 valence electrons. The lowest BCUT2D eigenvalue weighted by Gasteiger charge is -2.23. The molecule has 0 bridgehead atoms. The third-order valence-corrected chi connectivity index (χ3v) is 26.1. The molecule has 128 heavy (non-hydrogen) atoms. The molecule has 0 aliphatic rings. The van der Waals surface area contributed by atoms with Gasteiger partial charge in [0.1, 0.15) is 0 Å². The molecule has 25 aromatic carbocycles. The third kappa shape index (κ3) is 14.0. The van der Waals surface area contributed by atoms with Gasteiger partial charge in [0.05, 0.1) is 0 Å². The molecule has 0 aromatic heterocycles. The second kappa shape index (κ2) is 33.2. The highest BCUT2D eigenvalue weighted by atomic mass is 14.3. The van der Waals surface area contributed by atoms with Crippen LogP contribution in [-0.4, -0.2) is 0 Å². The number of hydrogen-bond acceptors (Lipinski definition) is 0. The molecule has 0 aliphatic carbocycles. The van der Waals surface area contributed by atoms with E-state index in [-0.39, 0.29) is 0 Å². The SMILES string of the molecule is c1ccc(-c2cc(-c3ccccc3)c(-c3c4ccccc4c(-c4ccc5ccccc5c4)c4ccccc34)c(-c3ccccc3)c2)cc1.c1ccc2cc(-c3c4ccccc4c(-c4ccc(-c5cccc6ccccc56)cc4)c4ccccc34)ccc2c1.c1ccc2cc(-c3ccc(-c4c5ccccc5c(-c5ccc6ccccc6c5)c5ccccc45)cc3)ccc2c1. The summed E-state index contributed by atoms with van der Waals surface area (Å²) in [6.45, 7) is 0. The van der Waals surface area contributed by atoms with Crippen LogP contribution in [0.15, 0.2) is 510 Å². The van der Waals surface area contributed by atoms with Crippen LogP contribution in [-0.2, 0) is 0 Å². The summed E-state index contributed by atoms with van der Waals surface area (Å²) in [6.07, 6.45) is 0. The third-order valence-electron chi connectivity index (χ3n) is 26.1. The average Bonchev–Trinajstić information content (AvgIpc) is 0.717. The minimum atomic E-state index is 1.20. The minimum absolute atomic E-state index is 1.20. The van der Waals surface area contributed by atoms with Crippen LogP contribution < -0.4 is 0 Å². The first-order chi connectivity index (χ1) is 63.5. The van der Waals surface area contributed by atoms with E-state index in [9.17, 15) is 0 Å². The molecule has 0 fully saturated rings. The highest BCUT2D eigenvalue weighted by Gasteiger charge is 2.26. The summed E-state index contributed by atoms with van der Waals surface area (Å²) < 4.78 is 0. The van der Waals surface area contributed by atoms with Gasteiger partial charge in [-0.3, -0.25) is 0 Å². The zero-order valence-electron chi connectivity index (χ0n) is 70.5. The van der Waals surface area contributed by atoms with Crippen LogP contribution in [0.1, 0.15) is 0 Å². The van der Waals surface area contributed by atoms with E-state index in [1.165, 1.54) is 241 Å². The molecule has 0 radical (unpaired) electrons. The van der Waals surface area contributed by atoms with Crippen LogP contribution >= 0.6 is 0 Å². The highest BCUT2D eigenvalue weighted by Crippen LogP contribution is 2.53. The second-order valence-electron chi connectivity index (χ2n) is 33.5. The normalized spacial score (nSPS) is 11.4. The van der Waals surface area contributed by atoms with Crippen molar-refractivity contribution in [2.75, 3.05) is 0 Å². The summed E-state index contributed by atoms with van der Waals surface area (Å²) in [6, 6.07) is 186. The van der Waals surface area contributed by atoms with Gasteiger partial charge < -0.3 is 0 Å². The largest absolute Gasteiger partial charge is 0.0622 e. The van der Waals surface area contributed by atoms with Crippen LogP contribution in [0.4, 0.5) is 0 Å². The van der Waals surface area contributed by atoms with E-state index < -0.39 is 0 Å². The van der Waals surface area contributed by atoms with Crippen molar-refractivity contribution in [1.82, 2.24) is 0 Å². The smallest absolute Gasteiger partial charge is 0.00139 e. The predicted octanol–water partition coefficient (Wildman–Crippen LogP) is 36.1. The number of benzene rings is 25. The van der Waals surface area contributed by atoms with Gasteiger partial charge in [0.2, 0.25) is 0 Å². The second-order valence-corrected chi connectivity index (χ2v) is 33.5. The summed E-state index contributed by atoms with van der Waals surface area (Å²) in [7, 11) is 0. The van der Waals surface area contributed by atoms with Crippen molar-refractivity contribution < 1.29 is 0 Å². The molecular formula is C128H84. The number of hydrogen-bond donors (Lipinski definition) is 0. The van der Waals surface area contributed by atoms with Crippen molar-refractivity contribution in [2.45, 2.75) is 0 Å². The Morgan fingerprint density at radius 3 is 0.625 bits per heavy atom. The fraction of sp³-hybridized carbons (Fsp3) is 0. The van der Waals surface area contributed by atoms with Crippen molar-refractivity contribution in [2.24, 2.45) is 0 Å². The van der Waals surface area contributed by atoms with E-state index in [1.807, 2.05) is 0 Å². The first kappa shape index (κ1) is 76.3. The Morgan fingerprint density at radius 2 is 0.289 bits per heavy atom. The summed E-state index contributed by atoms with van der Waals surface area (Å²) in [4.78, 5) is 0. The maximum atomic E-state index is 2.40. The Balaban J connectivity index is 0.000000111. The van der Waals surface area contributed by atoms with Gasteiger partial charge in [-0.05, 0) is 277 Å². The van der Waals surface area contributed by atoms with Crippen LogP contribution in [0.25, 0.3) is 241 Å².